The van der Waals surface area contributed by atoms with E-state index in [1.807, 2.05) is 30.3 Å². The molecule has 1 aliphatic heterocycles. The molecular formula is C29H30N2O4. The molecule has 0 unspecified atom stereocenters. The van der Waals surface area contributed by atoms with E-state index in [2.05, 4.69) is 50.5 Å². The third-order valence-electron chi connectivity index (χ3n) is 6.95. The molecule has 1 aliphatic rings. The fourth-order valence-electron chi connectivity index (χ4n) is 4.77. The van der Waals surface area contributed by atoms with Crippen LogP contribution in [0.25, 0.3) is 22.4 Å². The Balaban J connectivity index is 1.67. The van der Waals surface area contributed by atoms with E-state index in [4.69, 9.17) is 19.2 Å². The maximum Gasteiger partial charge on any atom is 0.337 e. The maximum absolute atomic E-state index is 12.3. The lowest BCUT2D eigenvalue weighted by Gasteiger charge is -2.41. The molecule has 180 valence electrons. The Labute approximate surface area is 205 Å². The Morgan fingerprint density at radius 2 is 1.80 bits per heavy atom. The predicted molar refractivity (Wildman–Crippen MR) is 136 cm³/mol. The summed E-state index contributed by atoms with van der Waals surface area (Å²) in [5.74, 6) is 1.36. The highest BCUT2D eigenvalue weighted by Gasteiger charge is 2.39. The van der Waals surface area contributed by atoms with Gasteiger partial charge in [-0.2, -0.15) is 0 Å². The zero-order valence-electron chi connectivity index (χ0n) is 20.8. The highest BCUT2D eigenvalue weighted by atomic mass is 16.5. The fourth-order valence-corrected chi connectivity index (χ4v) is 4.77. The normalized spacial score (nSPS) is 14.5. The van der Waals surface area contributed by atoms with Crippen molar-refractivity contribution < 1.29 is 19.0 Å². The standard InChI is InChI=1S/C29H30N2O4/c1-18-13-23(20(3)26(19(18)2)35-15-21-9-7-6-8-10-21)27-30-24-12-11-22(28(32)33-5)14-25(24)31(27)29(4)16-34-17-29/h6-14H,15-17H2,1-5H3. The van der Waals surface area contributed by atoms with E-state index >= 15 is 0 Å². The van der Waals surface area contributed by atoms with Gasteiger partial charge in [-0.3, -0.25) is 0 Å². The smallest absolute Gasteiger partial charge is 0.337 e. The number of fused-ring (bicyclic) bond motifs is 1. The summed E-state index contributed by atoms with van der Waals surface area (Å²) in [5.41, 5.74) is 7.38. The molecule has 0 N–H and O–H groups in total. The van der Waals surface area contributed by atoms with Crippen molar-refractivity contribution in [3.63, 3.8) is 0 Å². The number of carbonyl (C=O) groups excluding carboxylic acids is 1. The molecule has 2 heterocycles. The van der Waals surface area contributed by atoms with E-state index in [0.717, 1.165) is 50.4 Å². The minimum absolute atomic E-state index is 0.269. The third-order valence-corrected chi connectivity index (χ3v) is 6.95. The van der Waals surface area contributed by atoms with Crippen molar-refractivity contribution in [3.8, 4) is 17.1 Å². The summed E-state index contributed by atoms with van der Waals surface area (Å²) in [6, 6.07) is 17.9. The van der Waals surface area contributed by atoms with Crippen LogP contribution in [-0.4, -0.2) is 35.8 Å². The number of benzene rings is 3. The molecule has 0 spiro atoms. The summed E-state index contributed by atoms with van der Waals surface area (Å²) < 4.78 is 19.2. The first-order chi connectivity index (χ1) is 16.8. The molecule has 5 rings (SSSR count). The second kappa shape index (κ2) is 8.86. The maximum atomic E-state index is 12.3. The van der Waals surface area contributed by atoms with E-state index in [0.29, 0.717) is 25.4 Å². The van der Waals surface area contributed by atoms with Crippen LogP contribution in [0.5, 0.6) is 5.75 Å². The number of hydrogen-bond acceptors (Lipinski definition) is 5. The average molecular weight is 471 g/mol. The topological polar surface area (TPSA) is 62.6 Å². The van der Waals surface area contributed by atoms with Crippen LogP contribution in [0.2, 0.25) is 0 Å². The van der Waals surface area contributed by atoms with Crippen LogP contribution in [0.3, 0.4) is 0 Å². The summed E-state index contributed by atoms with van der Waals surface area (Å²) in [4.78, 5) is 17.3. The molecule has 0 radical (unpaired) electrons. The largest absolute Gasteiger partial charge is 0.488 e. The first-order valence-electron chi connectivity index (χ1n) is 11.8. The lowest BCUT2D eigenvalue weighted by Crippen LogP contribution is -2.49. The van der Waals surface area contributed by atoms with Crippen molar-refractivity contribution in [2.75, 3.05) is 20.3 Å². The van der Waals surface area contributed by atoms with Gasteiger partial charge >= 0.3 is 5.97 Å². The summed E-state index contributed by atoms with van der Waals surface area (Å²) in [6.45, 7) is 10.1. The zero-order valence-corrected chi connectivity index (χ0v) is 20.8. The second-order valence-corrected chi connectivity index (χ2v) is 9.55. The van der Waals surface area contributed by atoms with Gasteiger partial charge in [0.1, 0.15) is 18.2 Å². The van der Waals surface area contributed by atoms with Crippen LogP contribution in [0.1, 0.15) is 39.5 Å². The van der Waals surface area contributed by atoms with Crippen LogP contribution in [-0.2, 0) is 21.6 Å². The van der Waals surface area contributed by atoms with E-state index in [-0.39, 0.29) is 11.5 Å². The van der Waals surface area contributed by atoms with Crippen molar-refractivity contribution in [3.05, 3.63) is 82.4 Å². The van der Waals surface area contributed by atoms with Crippen molar-refractivity contribution in [2.24, 2.45) is 0 Å². The first-order valence-corrected chi connectivity index (χ1v) is 11.8. The molecule has 3 aromatic carbocycles. The summed E-state index contributed by atoms with van der Waals surface area (Å²) >= 11 is 0. The SMILES string of the molecule is COC(=O)c1ccc2nc(-c3cc(C)c(C)c(OCc4ccccc4)c3C)n(C3(C)COC3)c2c1. The van der Waals surface area contributed by atoms with Gasteiger partial charge in [0.15, 0.2) is 0 Å². The molecule has 0 aliphatic carbocycles. The predicted octanol–water partition coefficient (Wildman–Crippen LogP) is 5.74. The summed E-state index contributed by atoms with van der Waals surface area (Å²) in [5, 5.41) is 0. The van der Waals surface area contributed by atoms with Crippen LogP contribution in [0, 0.1) is 20.8 Å². The number of rotatable bonds is 6. The molecule has 6 nitrogen and oxygen atoms in total. The Hall–Kier alpha value is -3.64. The molecule has 1 saturated heterocycles. The zero-order chi connectivity index (χ0) is 24.7. The van der Waals surface area contributed by atoms with Gasteiger partial charge in [0.25, 0.3) is 0 Å². The monoisotopic (exact) mass is 470 g/mol. The van der Waals surface area contributed by atoms with Gasteiger partial charge in [0.05, 0.1) is 42.5 Å². The van der Waals surface area contributed by atoms with E-state index < -0.39 is 0 Å². The van der Waals surface area contributed by atoms with Crippen molar-refractivity contribution in [1.29, 1.82) is 0 Å². The summed E-state index contributed by atoms with van der Waals surface area (Å²) in [7, 11) is 1.39. The minimum atomic E-state index is -0.366. The van der Waals surface area contributed by atoms with Gasteiger partial charge < -0.3 is 18.8 Å². The Morgan fingerprint density at radius 1 is 1.06 bits per heavy atom. The third kappa shape index (κ3) is 3.98. The van der Waals surface area contributed by atoms with Crippen LogP contribution in [0.15, 0.2) is 54.6 Å². The number of carbonyl (C=O) groups is 1. The number of methoxy groups -OCH3 is 1. The molecule has 0 saturated carbocycles. The minimum Gasteiger partial charge on any atom is -0.488 e. The van der Waals surface area contributed by atoms with Gasteiger partial charge in [-0.05, 0) is 68.7 Å². The number of imidazole rings is 1. The second-order valence-electron chi connectivity index (χ2n) is 9.55. The highest BCUT2D eigenvalue weighted by Crippen LogP contribution is 2.40. The molecule has 4 aromatic rings. The van der Waals surface area contributed by atoms with Crippen LogP contribution >= 0.6 is 0 Å². The number of ether oxygens (including phenoxy) is 3. The molecular weight excluding hydrogens is 440 g/mol. The molecule has 0 atom stereocenters. The highest BCUT2D eigenvalue weighted by molar-refractivity contribution is 5.94. The summed E-state index contributed by atoms with van der Waals surface area (Å²) in [6.07, 6.45) is 0. The van der Waals surface area contributed by atoms with Gasteiger partial charge in [0, 0.05) is 11.1 Å². The van der Waals surface area contributed by atoms with Gasteiger partial charge in [0.2, 0.25) is 0 Å². The first kappa shape index (κ1) is 23.1. The van der Waals surface area contributed by atoms with Gasteiger partial charge in [-0.25, -0.2) is 9.78 Å². The molecule has 0 bridgehead atoms. The van der Waals surface area contributed by atoms with E-state index in [9.17, 15) is 4.79 Å². The molecule has 35 heavy (non-hydrogen) atoms. The van der Waals surface area contributed by atoms with Gasteiger partial charge in [-0.15, -0.1) is 0 Å². The van der Waals surface area contributed by atoms with E-state index in [1.54, 1.807) is 6.07 Å². The Morgan fingerprint density at radius 3 is 2.46 bits per heavy atom. The quantitative estimate of drug-likeness (QED) is 0.336. The average Bonchev–Trinajstić information content (AvgIpc) is 3.23. The molecule has 1 aromatic heterocycles. The van der Waals surface area contributed by atoms with Crippen LogP contribution < -0.4 is 4.74 Å². The lowest BCUT2D eigenvalue weighted by atomic mass is 9.95. The number of hydrogen-bond donors (Lipinski definition) is 0. The molecule has 6 heteroatoms. The molecule has 0 amide bonds. The van der Waals surface area contributed by atoms with Crippen LogP contribution in [0.4, 0.5) is 0 Å². The van der Waals surface area contributed by atoms with Crippen molar-refractivity contribution >= 4 is 17.0 Å². The fraction of sp³-hybridized carbons (Fsp3) is 0.310. The van der Waals surface area contributed by atoms with Crippen molar-refractivity contribution in [2.45, 2.75) is 39.8 Å². The Kier molecular flexibility index (Phi) is 5.85. The Bertz CT molecular complexity index is 1420. The van der Waals surface area contributed by atoms with Gasteiger partial charge in [-0.1, -0.05) is 30.3 Å². The van der Waals surface area contributed by atoms with Crippen molar-refractivity contribution in [1.82, 2.24) is 9.55 Å². The number of aryl methyl sites for hydroxylation is 1. The van der Waals surface area contributed by atoms with E-state index in [1.165, 1.54) is 7.11 Å². The molecule has 1 fully saturated rings. The lowest BCUT2D eigenvalue weighted by molar-refractivity contribution is -0.0868. The number of aromatic nitrogens is 2. The number of esters is 1. The number of nitrogens with zero attached hydrogens (tertiary/aromatic N) is 2.